The lowest BCUT2D eigenvalue weighted by Gasteiger charge is -2.48. The van der Waals surface area contributed by atoms with Gasteiger partial charge in [-0.3, -0.25) is 9.59 Å². The predicted octanol–water partition coefficient (Wildman–Crippen LogP) is 1.03. The van der Waals surface area contributed by atoms with E-state index in [4.69, 9.17) is 12.2 Å². The molecular weight excluding hydrogens is 362 g/mol. The highest BCUT2D eigenvalue weighted by Gasteiger charge is 2.60. The first kappa shape index (κ1) is 18.3. The van der Waals surface area contributed by atoms with Gasteiger partial charge < -0.3 is 26.2 Å². The van der Waals surface area contributed by atoms with Gasteiger partial charge in [-0.2, -0.15) is 0 Å². The monoisotopic (exact) mass is 381 g/mol. The molecule has 3 aliphatic rings. The highest BCUT2D eigenvalue weighted by Crippen LogP contribution is 2.51. The summed E-state index contributed by atoms with van der Waals surface area (Å²) in [7, 11) is 0. The molecule has 0 radical (unpaired) electrons. The maximum Gasteiger partial charge on any atom is 0.201 e. The van der Waals surface area contributed by atoms with Crippen LogP contribution in [-0.4, -0.2) is 43.6 Å². The summed E-state index contributed by atoms with van der Waals surface area (Å²) in [6.07, 6.45) is 5.83. The molecule has 0 fully saturated rings. The van der Waals surface area contributed by atoms with E-state index < -0.39 is 40.8 Å². The number of aromatic hydroxyl groups is 1. The van der Waals surface area contributed by atoms with Crippen LogP contribution >= 0.6 is 0 Å². The molecular formula is C21H19NO6. The average molecular weight is 381 g/mol. The van der Waals surface area contributed by atoms with Crippen molar-refractivity contribution >= 4 is 11.6 Å². The number of nitrogens with two attached hydrogens (primary N) is 1. The van der Waals surface area contributed by atoms with Crippen molar-refractivity contribution in [1.29, 1.82) is 0 Å². The maximum atomic E-state index is 13.1. The zero-order valence-corrected chi connectivity index (χ0v) is 15.1. The summed E-state index contributed by atoms with van der Waals surface area (Å²) < 4.78 is 0. The number of carbonyl (C=O) groups is 2. The van der Waals surface area contributed by atoms with Gasteiger partial charge in [-0.05, 0) is 43.4 Å². The third-order valence-corrected chi connectivity index (χ3v) is 6.29. The largest absolute Gasteiger partial charge is 0.510 e. The molecule has 4 rings (SSSR count). The average Bonchev–Trinajstić information content (AvgIpc) is 2.67. The summed E-state index contributed by atoms with van der Waals surface area (Å²) in [5, 5.41) is 42.4. The molecule has 28 heavy (non-hydrogen) atoms. The normalized spacial score (nSPS) is 31.9. The van der Waals surface area contributed by atoms with Crippen molar-refractivity contribution in [2.24, 2.45) is 17.6 Å². The van der Waals surface area contributed by atoms with E-state index in [1.807, 2.05) is 0 Å². The number of hydrogen-bond acceptors (Lipinski definition) is 7. The summed E-state index contributed by atoms with van der Waals surface area (Å²) in [6.45, 7) is 1.30. The quantitative estimate of drug-likeness (QED) is 0.423. The van der Waals surface area contributed by atoms with Crippen molar-refractivity contribution in [3.63, 3.8) is 0 Å². The lowest BCUT2D eigenvalue weighted by molar-refractivity contribution is -0.143. The molecule has 1 aromatic rings. The molecule has 0 spiro atoms. The number of terminal acetylenes is 1. The van der Waals surface area contributed by atoms with Crippen molar-refractivity contribution in [2.75, 3.05) is 0 Å². The third-order valence-electron chi connectivity index (χ3n) is 6.29. The molecule has 0 saturated carbocycles. The minimum atomic E-state index is -2.39. The van der Waals surface area contributed by atoms with Crippen molar-refractivity contribution in [3.8, 4) is 18.1 Å². The molecule has 6 N–H and O–H groups in total. The number of phenols is 1. The summed E-state index contributed by atoms with van der Waals surface area (Å²) in [6, 6.07) is 1.76. The fraction of sp³-hybridized carbons (Fsp3) is 0.333. The second kappa shape index (κ2) is 5.71. The van der Waals surface area contributed by atoms with E-state index in [-0.39, 0.29) is 41.1 Å². The summed E-state index contributed by atoms with van der Waals surface area (Å²) in [4.78, 5) is 25.9. The van der Waals surface area contributed by atoms with Crippen molar-refractivity contribution in [1.82, 2.24) is 0 Å². The summed E-state index contributed by atoms with van der Waals surface area (Å²) in [5.74, 6) is -2.03. The number of rotatable bonds is 0. The number of aliphatic hydroxyl groups is 3. The van der Waals surface area contributed by atoms with Gasteiger partial charge in [0.05, 0.1) is 11.6 Å². The van der Waals surface area contributed by atoms with E-state index in [2.05, 4.69) is 5.92 Å². The lowest BCUT2D eigenvalue weighted by Crippen LogP contribution is -2.62. The van der Waals surface area contributed by atoms with Gasteiger partial charge in [0.2, 0.25) is 5.78 Å². The number of fused-ring (bicyclic) bond motifs is 3. The highest BCUT2D eigenvalue weighted by atomic mass is 16.3. The summed E-state index contributed by atoms with van der Waals surface area (Å²) >= 11 is 0. The van der Waals surface area contributed by atoms with Crippen molar-refractivity contribution in [3.05, 3.63) is 51.5 Å². The molecule has 0 bridgehead atoms. The first-order valence-electron chi connectivity index (χ1n) is 8.86. The molecule has 0 amide bonds. The number of ketones is 2. The number of aliphatic hydroxyl groups excluding tert-OH is 2. The Morgan fingerprint density at radius 2 is 1.93 bits per heavy atom. The molecule has 0 saturated heterocycles. The topological polar surface area (TPSA) is 141 Å². The third kappa shape index (κ3) is 2.02. The Hall–Kier alpha value is -3.08. The molecule has 3 unspecified atom stereocenters. The molecule has 144 valence electrons. The van der Waals surface area contributed by atoms with Gasteiger partial charge in [0.25, 0.3) is 0 Å². The van der Waals surface area contributed by atoms with Gasteiger partial charge in [0, 0.05) is 22.6 Å². The lowest BCUT2D eigenvalue weighted by atomic mass is 9.59. The fourth-order valence-electron chi connectivity index (χ4n) is 4.79. The van der Waals surface area contributed by atoms with Crippen molar-refractivity contribution < 1.29 is 30.0 Å². The maximum absolute atomic E-state index is 13.1. The molecule has 7 heteroatoms. The van der Waals surface area contributed by atoms with Gasteiger partial charge in [-0.15, -0.1) is 6.42 Å². The van der Waals surface area contributed by atoms with Crippen LogP contribution in [0, 0.1) is 24.2 Å². The molecule has 4 atom stereocenters. The molecule has 3 aliphatic carbocycles. The van der Waals surface area contributed by atoms with Crippen LogP contribution in [-0.2, 0) is 11.2 Å². The molecule has 1 aromatic carbocycles. The second-order valence-electron chi connectivity index (χ2n) is 7.60. The minimum Gasteiger partial charge on any atom is -0.510 e. The fourth-order valence-corrected chi connectivity index (χ4v) is 4.79. The molecule has 0 aliphatic heterocycles. The number of hydrogen-bond donors (Lipinski definition) is 5. The molecule has 0 heterocycles. The number of allylic oxidation sites excluding steroid dienone is 1. The smallest absolute Gasteiger partial charge is 0.201 e. The van der Waals surface area contributed by atoms with E-state index in [0.717, 1.165) is 0 Å². The molecule has 7 nitrogen and oxygen atoms in total. The summed E-state index contributed by atoms with van der Waals surface area (Å²) in [5.41, 5.74) is 4.28. The Balaban J connectivity index is 1.97. The van der Waals surface area contributed by atoms with Crippen LogP contribution in [0.15, 0.2) is 34.8 Å². The predicted molar refractivity (Wildman–Crippen MR) is 98.6 cm³/mol. The van der Waals surface area contributed by atoms with Crippen LogP contribution in [0.2, 0.25) is 0 Å². The van der Waals surface area contributed by atoms with Gasteiger partial charge in [-0.1, -0.05) is 5.92 Å². The Kier molecular flexibility index (Phi) is 3.73. The van der Waals surface area contributed by atoms with Crippen LogP contribution in [0.4, 0.5) is 0 Å². The number of Topliss-reactive ketones (excluding diaryl/α,β-unsaturated/α-hetero) is 2. The first-order valence-corrected chi connectivity index (χ1v) is 8.86. The van der Waals surface area contributed by atoms with E-state index in [1.165, 1.54) is 19.1 Å². The van der Waals surface area contributed by atoms with E-state index in [0.29, 0.717) is 11.1 Å². The van der Waals surface area contributed by atoms with E-state index in [9.17, 15) is 30.0 Å². The Morgan fingerprint density at radius 1 is 1.25 bits per heavy atom. The minimum absolute atomic E-state index is 0.0297. The van der Waals surface area contributed by atoms with Gasteiger partial charge in [-0.25, -0.2) is 0 Å². The van der Waals surface area contributed by atoms with Gasteiger partial charge in [0.1, 0.15) is 17.3 Å². The second-order valence-corrected chi connectivity index (χ2v) is 7.60. The van der Waals surface area contributed by atoms with Crippen LogP contribution in [0.1, 0.15) is 34.8 Å². The van der Waals surface area contributed by atoms with Gasteiger partial charge in [0.15, 0.2) is 11.4 Å². The van der Waals surface area contributed by atoms with Gasteiger partial charge >= 0.3 is 0 Å². The molecule has 0 aromatic heterocycles. The Bertz CT molecular complexity index is 1060. The first-order chi connectivity index (χ1) is 13.1. The number of benzene rings is 1. The van der Waals surface area contributed by atoms with Crippen LogP contribution in [0.25, 0.3) is 0 Å². The Labute approximate surface area is 160 Å². The zero-order chi connectivity index (χ0) is 20.5. The highest BCUT2D eigenvalue weighted by molar-refractivity contribution is 6.15. The zero-order valence-electron chi connectivity index (χ0n) is 15.1. The van der Waals surface area contributed by atoms with E-state index in [1.54, 1.807) is 0 Å². The van der Waals surface area contributed by atoms with E-state index >= 15 is 0 Å². The van der Waals surface area contributed by atoms with Crippen LogP contribution < -0.4 is 5.73 Å². The Morgan fingerprint density at radius 3 is 2.57 bits per heavy atom. The SMILES string of the molecule is C#Cc1ccc(O)c2c1CC1CC3C(N)C(O)=C(C)C(=O)[C@@]3(O)C(O)=C1C2=O. The number of phenolic OH excluding ortho intramolecular Hbond substituents is 1. The van der Waals surface area contributed by atoms with Crippen molar-refractivity contribution in [2.45, 2.75) is 31.4 Å². The number of carbonyl (C=O) groups excluding carboxylic acids is 2. The standard InChI is InChI=1S/C21H19NO6/c1-3-9-4-5-13(23)15-11(9)6-10-7-12-16(22)17(24)8(2)19(26)21(12,28)20(27)14(10)18(15)25/h1,4-5,10,12,16,23-24,27-28H,6-7,22H2,2H3/t10?,12?,16?,21-/m1/s1. The van der Waals surface area contributed by atoms with Crippen LogP contribution in [0.3, 0.4) is 0 Å². The van der Waals surface area contributed by atoms with Crippen LogP contribution in [0.5, 0.6) is 5.75 Å².